The lowest BCUT2D eigenvalue weighted by molar-refractivity contribution is 0.0624. The molecule has 0 atom stereocenters. The van der Waals surface area contributed by atoms with Crippen LogP contribution in [0.3, 0.4) is 0 Å². The number of benzene rings is 8. The van der Waals surface area contributed by atoms with Crippen LogP contribution in [0.1, 0.15) is 87.0 Å². The first-order chi connectivity index (χ1) is 39.7. The third-order valence-electron chi connectivity index (χ3n) is 14.3. The molecule has 4 heterocycles. The lowest BCUT2D eigenvalue weighted by Gasteiger charge is -2.23. The summed E-state index contributed by atoms with van der Waals surface area (Å²) in [6.07, 6.45) is 1.98. The van der Waals surface area contributed by atoms with E-state index in [1.807, 2.05) is 127 Å². The van der Waals surface area contributed by atoms with Gasteiger partial charge in [0.15, 0.2) is 11.5 Å². The Morgan fingerprint density at radius 2 is 0.805 bits per heavy atom. The van der Waals surface area contributed by atoms with Gasteiger partial charge in [-0.3, -0.25) is 38.9 Å². The number of imide groups is 2. The second kappa shape index (κ2) is 23.1. The van der Waals surface area contributed by atoms with Crippen LogP contribution in [0.15, 0.2) is 207 Å². The van der Waals surface area contributed by atoms with Crippen LogP contribution in [0.25, 0.3) is 21.8 Å². The van der Waals surface area contributed by atoms with Crippen LogP contribution < -0.4 is 14.2 Å². The van der Waals surface area contributed by atoms with Gasteiger partial charge in [0.1, 0.15) is 57.5 Å². The number of halogens is 2. The molecule has 0 radical (unpaired) electrons. The van der Waals surface area contributed by atoms with Gasteiger partial charge < -0.3 is 19.3 Å². The van der Waals surface area contributed by atoms with Crippen LogP contribution in [0.5, 0.6) is 23.0 Å². The van der Waals surface area contributed by atoms with Crippen LogP contribution in [0.2, 0.25) is 25.7 Å². The van der Waals surface area contributed by atoms with E-state index in [0.717, 1.165) is 33.2 Å². The molecule has 0 fully saturated rings. The van der Waals surface area contributed by atoms with Gasteiger partial charge in [0.05, 0.1) is 30.8 Å². The topological polar surface area (TPSA) is 148 Å². The molecule has 82 heavy (non-hydrogen) atoms. The Bertz CT molecular complexity index is 3940. The minimum Gasteiger partial charge on any atom is -0.506 e. The zero-order chi connectivity index (χ0) is 57.1. The van der Waals surface area contributed by atoms with Gasteiger partial charge in [-0.15, -0.1) is 0 Å². The molecule has 10 aromatic rings. The predicted octanol–water partition coefficient (Wildman–Crippen LogP) is 14.1. The number of phenols is 1. The number of nitrogens with zero attached hydrogens (tertiary/aromatic N) is 4. The van der Waals surface area contributed by atoms with E-state index in [9.17, 15) is 33.1 Å². The number of pyridine rings is 2. The smallest absolute Gasteiger partial charge is 0.265 e. The molecule has 0 spiro atoms. The lowest BCUT2D eigenvalue weighted by atomic mass is 9.99. The molecule has 12 nitrogen and oxygen atoms in total. The van der Waals surface area contributed by atoms with Crippen molar-refractivity contribution in [3.8, 4) is 23.0 Å². The monoisotopic (exact) mass is 1110 g/mol. The Labute approximate surface area is 472 Å². The van der Waals surface area contributed by atoms with E-state index in [1.54, 1.807) is 42.7 Å². The highest BCUT2D eigenvalue weighted by Gasteiger charge is 2.45. The second-order valence-electron chi connectivity index (χ2n) is 21.1. The molecule has 0 unspecified atom stereocenters. The van der Waals surface area contributed by atoms with Crippen LogP contribution >= 0.6 is 0 Å². The van der Waals surface area contributed by atoms with Crippen molar-refractivity contribution in [2.45, 2.75) is 51.0 Å². The van der Waals surface area contributed by atoms with Gasteiger partial charge in [0.2, 0.25) is 0 Å². The Morgan fingerprint density at radius 3 is 1.21 bits per heavy atom. The molecule has 0 aliphatic carbocycles. The minimum absolute atomic E-state index is 0.0228. The molecule has 0 bridgehead atoms. The zero-order valence-electron chi connectivity index (χ0n) is 45.0. The van der Waals surface area contributed by atoms with E-state index < -0.39 is 55.5 Å². The van der Waals surface area contributed by atoms with E-state index in [2.05, 4.69) is 29.6 Å². The van der Waals surface area contributed by atoms with Gasteiger partial charge in [-0.25, -0.2) is 8.78 Å². The summed E-state index contributed by atoms with van der Waals surface area (Å²) in [5.74, 6) is -2.72. The van der Waals surface area contributed by atoms with E-state index in [-0.39, 0.29) is 58.1 Å². The number of ether oxygens (including phenoxy) is 3. The van der Waals surface area contributed by atoms with Crippen LogP contribution in [-0.4, -0.2) is 63.2 Å². The average Bonchev–Trinajstić information content (AvgIpc) is 3.99. The van der Waals surface area contributed by atoms with Crippen molar-refractivity contribution in [3.63, 3.8) is 0 Å². The zero-order valence-corrected chi connectivity index (χ0v) is 46.0. The number of hydrogen-bond donors (Lipinski definition) is 1. The fourth-order valence-electron chi connectivity index (χ4n) is 10.1. The highest BCUT2D eigenvalue weighted by molar-refractivity contribution is 6.76. The van der Waals surface area contributed by atoms with E-state index in [1.165, 1.54) is 41.3 Å². The van der Waals surface area contributed by atoms with Gasteiger partial charge >= 0.3 is 0 Å². The maximum Gasteiger partial charge on any atom is 0.265 e. The van der Waals surface area contributed by atoms with Gasteiger partial charge in [0.25, 0.3) is 23.6 Å². The number of fused-ring (bicyclic) bond motifs is 4. The molecule has 4 amide bonds. The third kappa shape index (κ3) is 10.9. The van der Waals surface area contributed by atoms with Gasteiger partial charge in [-0.1, -0.05) is 165 Å². The summed E-state index contributed by atoms with van der Waals surface area (Å²) in [7, 11) is -1.47. The van der Waals surface area contributed by atoms with Crippen molar-refractivity contribution >= 4 is 53.5 Å². The third-order valence-corrected chi connectivity index (χ3v) is 16.0. The molecule has 2 aromatic heterocycles. The number of carbonyl (C=O) groups is 4. The highest BCUT2D eigenvalue weighted by atomic mass is 28.3. The molecular weight excluding hydrogens is 1050 g/mol. The Balaban J connectivity index is 0.000000174. The average molecular weight is 1110 g/mol. The molecule has 1 N–H and O–H groups in total. The predicted molar refractivity (Wildman–Crippen MR) is 311 cm³/mol. The number of amides is 4. The fourth-order valence-corrected chi connectivity index (χ4v) is 10.8. The summed E-state index contributed by atoms with van der Waals surface area (Å²) in [5.41, 5.74) is 5.46. The number of carbonyl (C=O) groups excluding carboxylic acids is 4. The number of aromatic hydroxyl groups is 1. The van der Waals surface area contributed by atoms with E-state index >= 15 is 0 Å². The van der Waals surface area contributed by atoms with Crippen molar-refractivity contribution in [1.29, 1.82) is 0 Å². The number of aromatic nitrogens is 2. The second-order valence-corrected chi connectivity index (χ2v) is 26.7. The maximum absolute atomic E-state index is 14.3. The molecule has 2 aliphatic rings. The fraction of sp³-hybridized carbons (Fsp3) is 0.134. The summed E-state index contributed by atoms with van der Waals surface area (Å²) in [6, 6.07) is 57.6. The summed E-state index contributed by atoms with van der Waals surface area (Å²) >= 11 is 0. The van der Waals surface area contributed by atoms with Crippen molar-refractivity contribution in [1.82, 2.24) is 19.8 Å². The van der Waals surface area contributed by atoms with Crippen molar-refractivity contribution in [2.75, 3.05) is 6.61 Å². The van der Waals surface area contributed by atoms with Crippen LogP contribution in [0.4, 0.5) is 8.78 Å². The first-order valence-corrected chi connectivity index (χ1v) is 30.4. The largest absolute Gasteiger partial charge is 0.506 e. The van der Waals surface area contributed by atoms with Gasteiger partial charge in [-0.05, 0) is 88.0 Å². The first kappa shape index (κ1) is 54.1. The summed E-state index contributed by atoms with van der Waals surface area (Å²) in [6.45, 7) is 7.06. The van der Waals surface area contributed by atoms with Gasteiger partial charge in [-0.2, -0.15) is 0 Å². The van der Waals surface area contributed by atoms with Crippen LogP contribution in [0, 0.1) is 11.6 Å². The Kier molecular flexibility index (Phi) is 15.2. The standard InChI is InChI=1S/C36H33FN2O4Si.C31H21FN2O4/c1-44(2,3)22-21-42-33-28-15-10-20-38-31(28)34(43-32(25-11-6-4-7-12-25)26-13-8-5-9-14-26)30-29(33)35(40)39(36(30)41)23-24-16-18-27(37)19-17-24;32-22-15-13-19(14-16-22)18-34-30(36)24-25(31(34)37)29(26-23(27(24)35)12-7-17-33-26)38-28(20-8-3-1-4-9-20)21-10-5-2-6-11-21/h4-20,32H,21-23H2,1-3H3;1-17,28,35H,18H2. The quantitative estimate of drug-likeness (QED) is 0.0732. The molecule has 15 heteroatoms. The minimum atomic E-state index is -1.47. The molecular formula is C67H54F2N4O8Si. The normalized spacial score (nSPS) is 13.0. The SMILES string of the molecule is C[Si](C)(C)CCOc1c2c(c(OC(c3ccccc3)c3ccccc3)c3ncccc13)C(=O)N(Cc1ccc(F)cc1)C2=O.O=C1c2c(c(OC(c3ccccc3)c3ccccc3)c3ncccc3c2O)C(=O)N1Cc1ccc(F)cc1. The Hall–Kier alpha value is -9.86. The summed E-state index contributed by atoms with van der Waals surface area (Å²) < 4.78 is 46.9. The van der Waals surface area contributed by atoms with Crippen molar-refractivity contribution in [3.05, 3.63) is 274 Å². The highest BCUT2D eigenvalue weighted by Crippen LogP contribution is 2.48. The first-order valence-electron chi connectivity index (χ1n) is 26.7. The summed E-state index contributed by atoms with van der Waals surface area (Å²) in [5, 5.41) is 12.0. The van der Waals surface area contributed by atoms with E-state index in [4.69, 9.17) is 14.2 Å². The molecule has 408 valence electrons. The molecule has 0 saturated carbocycles. The van der Waals surface area contributed by atoms with Crippen molar-refractivity contribution in [2.24, 2.45) is 0 Å². The van der Waals surface area contributed by atoms with E-state index in [0.29, 0.717) is 39.8 Å². The Morgan fingerprint density at radius 1 is 0.451 bits per heavy atom. The summed E-state index contributed by atoms with van der Waals surface area (Å²) in [4.78, 5) is 67.0. The molecule has 0 saturated heterocycles. The van der Waals surface area contributed by atoms with Gasteiger partial charge in [0, 0.05) is 31.2 Å². The number of hydrogen-bond acceptors (Lipinski definition) is 10. The number of phenolic OH excluding ortho intramolecular Hbond substituents is 1. The number of rotatable bonds is 16. The molecule has 8 aromatic carbocycles. The van der Waals surface area contributed by atoms with Crippen molar-refractivity contribution < 1.29 is 47.3 Å². The lowest BCUT2D eigenvalue weighted by Crippen LogP contribution is -2.29. The maximum atomic E-state index is 14.3. The van der Waals surface area contributed by atoms with Crippen LogP contribution in [-0.2, 0) is 13.1 Å². The molecule has 2 aliphatic heterocycles. The molecule has 12 rings (SSSR count).